The van der Waals surface area contributed by atoms with Crippen LogP contribution in [0.1, 0.15) is 49.2 Å². The van der Waals surface area contributed by atoms with Gasteiger partial charge >= 0.3 is 0 Å². The second-order valence-electron chi connectivity index (χ2n) is 7.89. The number of imidazole rings is 1. The lowest BCUT2D eigenvalue weighted by molar-refractivity contribution is -0.107. The summed E-state index contributed by atoms with van der Waals surface area (Å²) in [6.45, 7) is 4.78. The number of anilines is 1. The lowest BCUT2D eigenvalue weighted by atomic mass is 10.1. The third kappa shape index (κ3) is 5.88. The maximum Gasteiger partial charge on any atom is 0.274 e. The van der Waals surface area contributed by atoms with Crippen molar-refractivity contribution >= 4 is 18.1 Å². The third-order valence-corrected chi connectivity index (χ3v) is 4.97. The summed E-state index contributed by atoms with van der Waals surface area (Å²) >= 11 is 0. The Morgan fingerprint density at radius 3 is 2.58 bits per heavy atom. The molecule has 9 heteroatoms. The Bertz CT molecular complexity index is 899. The minimum absolute atomic E-state index is 0.0585. The summed E-state index contributed by atoms with van der Waals surface area (Å²) in [5.41, 5.74) is 0.515. The van der Waals surface area contributed by atoms with E-state index in [0.29, 0.717) is 43.2 Å². The average Bonchev–Trinajstić information content (AvgIpc) is 3.14. The second kappa shape index (κ2) is 11.0. The number of amides is 2. The van der Waals surface area contributed by atoms with Crippen molar-refractivity contribution in [3.05, 3.63) is 35.5 Å². The van der Waals surface area contributed by atoms with Crippen LogP contribution in [0.4, 0.5) is 14.6 Å². The molecule has 1 aromatic heterocycles. The molecular weight excluding hydrogens is 406 g/mol. The summed E-state index contributed by atoms with van der Waals surface area (Å²) < 4.78 is 28.3. The minimum Gasteiger partial charge on any atom is -0.396 e. The number of nitrogens with zero attached hydrogens (tertiary/aromatic N) is 4. The van der Waals surface area contributed by atoms with Crippen molar-refractivity contribution in [2.45, 2.75) is 39.7 Å². The van der Waals surface area contributed by atoms with E-state index in [-0.39, 0.29) is 29.6 Å². The average molecular weight is 437 g/mol. The van der Waals surface area contributed by atoms with E-state index in [0.717, 1.165) is 6.42 Å². The normalized spacial score (nSPS) is 11.3. The molecular formula is C22H30F2N4O3. The molecule has 2 rings (SSSR count). The first-order valence-corrected chi connectivity index (χ1v) is 10.2. The first-order chi connectivity index (χ1) is 14.7. The zero-order chi connectivity index (χ0) is 23.1. The van der Waals surface area contributed by atoms with E-state index < -0.39 is 6.43 Å². The van der Waals surface area contributed by atoms with E-state index in [4.69, 9.17) is 5.11 Å². The standard InChI is InChI=1S/C22H30F2N4O3/c1-15(2)9-11-28-18(22(31)26(3)10-6-12-29)21(27(4)14-30)25-20(28)17-8-5-7-16(13-17)19(23)24/h5,7-8,13-15,19,29H,6,9-12H2,1-4H3. The Kier molecular flexibility index (Phi) is 8.67. The van der Waals surface area contributed by atoms with Crippen LogP contribution in [0, 0.1) is 5.92 Å². The number of rotatable bonds is 11. The Morgan fingerprint density at radius 2 is 2.00 bits per heavy atom. The Labute approximate surface area is 181 Å². The monoisotopic (exact) mass is 436 g/mol. The summed E-state index contributed by atoms with van der Waals surface area (Å²) in [5, 5.41) is 9.10. The molecule has 1 N–H and O–H groups in total. The molecule has 0 saturated heterocycles. The molecule has 1 heterocycles. The van der Waals surface area contributed by atoms with Gasteiger partial charge in [-0.3, -0.25) is 9.59 Å². The van der Waals surface area contributed by atoms with Crippen molar-refractivity contribution in [2.75, 3.05) is 32.1 Å². The predicted octanol–water partition coefficient (Wildman–Crippen LogP) is 3.58. The van der Waals surface area contributed by atoms with Gasteiger partial charge in [0.2, 0.25) is 6.41 Å². The highest BCUT2D eigenvalue weighted by molar-refractivity contribution is 6.00. The molecule has 0 fully saturated rings. The molecule has 0 bridgehead atoms. The number of aliphatic hydroxyl groups excluding tert-OH is 1. The molecule has 0 aliphatic rings. The summed E-state index contributed by atoms with van der Waals surface area (Å²) in [6.07, 6.45) is -0.950. The minimum atomic E-state index is -2.64. The number of halogens is 2. The number of aromatic nitrogens is 2. The quantitative estimate of drug-likeness (QED) is 0.546. The highest BCUT2D eigenvalue weighted by Crippen LogP contribution is 2.31. The zero-order valence-electron chi connectivity index (χ0n) is 18.4. The van der Waals surface area contributed by atoms with Gasteiger partial charge < -0.3 is 19.5 Å². The second-order valence-corrected chi connectivity index (χ2v) is 7.89. The van der Waals surface area contributed by atoms with E-state index in [1.54, 1.807) is 17.7 Å². The van der Waals surface area contributed by atoms with Gasteiger partial charge in [-0.05, 0) is 24.8 Å². The number of benzene rings is 1. The number of alkyl halides is 2. The van der Waals surface area contributed by atoms with Gasteiger partial charge in [0.25, 0.3) is 12.3 Å². The van der Waals surface area contributed by atoms with Crippen LogP contribution in [-0.4, -0.2) is 59.1 Å². The molecule has 0 spiro atoms. The van der Waals surface area contributed by atoms with Gasteiger partial charge in [-0.15, -0.1) is 0 Å². The van der Waals surface area contributed by atoms with Gasteiger partial charge in [-0.1, -0.05) is 32.0 Å². The smallest absolute Gasteiger partial charge is 0.274 e. The van der Waals surface area contributed by atoms with Crippen LogP contribution in [0.25, 0.3) is 11.4 Å². The lowest BCUT2D eigenvalue weighted by Gasteiger charge is -2.21. The summed E-state index contributed by atoms with van der Waals surface area (Å²) in [6, 6.07) is 5.88. The Morgan fingerprint density at radius 1 is 1.29 bits per heavy atom. The van der Waals surface area contributed by atoms with Gasteiger partial charge in [0, 0.05) is 44.9 Å². The van der Waals surface area contributed by atoms with Crippen LogP contribution in [-0.2, 0) is 11.3 Å². The fraction of sp³-hybridized carbons (Fsp3) is 0.500. The van der Waals surface area contributed by atoms with Crippen LogP contribution in [0.3, 0.4) is 0 Å². The van der Waals surface area contributed by atoms with Crippen molar-refractivity contribution in [1.82, 2.24) is 14.5 Å². The molecule has 31 heavy (non-hydrogen) atoms. The van der Waals surface area contributed by atoms with E-state index >= 15 is 0 Å². The van der Waals surface area contributed by atoms with Gasteiger partial charge in [0.05, 0.1) is 0 Å². The maximum atomic E-state index is 13.3. The molecule has 2 aromatic rings. The highest BCUT2D eigenvalue weighted by Gasteiger charge is 2.28. The number of carbonyl (C=O) groups excluding carboxylic acids is 2. The van der Waals surface area contributed by atoms with Gasteiger partial charge in [-0.2, -0.15) is 0 Å². The molecule has 0 aliphatic carbocycles. The van der Waals surface area contributed by atoms with Crippen LogP contribution in [0.15, 0.2) is 24.3 Å². The van der Waals surface area contributed by atoms with E-state index in [1.807, 2.05) is 13.8 Å². The predicted molar refractivity (Wildman–Crippen MR) is 115 cm³/mol. The van der Waals surface area contributed by atoms with Gasteiger partial charge in [0.1, 0.15) is 5.82 Å². The van der Waals surface area contributed by atoms with Crippen LogP contribution in [0.2, 0.25) is 0 Å². The molecule has 0 unspecified atom stereocenters. The fourth-order valence-electron chi connectivity index (χ4n) is 3.18. The summed E-state index contributed by atoms with van der Waals surface area (Å²) in [4.78, 5) is 32.0. The topological polar surface area (TPSA) is 78.7 Å². The van der Waals surface area contributed by atoms with E-state index in [1.165, 1.54) is 35.0 Å². The molecule has 2 amide bonds. The lowest BCUT2D eigenvalue weighted by Crippen LogP contribution is -2.32. The first kappa shape index (κ1) is 24.5. The van der Waals surface area contributed by atoms with Crippen molar-refractivity contribution in [3.63, 3.8) is 0 Å². The molecule has 0 atom stereocenters. The van der Waals surface area contributed by atoms with Crippen LogP contribution >= 0.6 is 0 Å². The van der Waals surface area contributed by atoms with Gasteiger partial charge in [-0.25, -0.2) is 13.8 Å². The number of hydrogen-bond donors (Lipinski definition) is 1. The molecule has 1 aromatic carbocycles. The van der Waals surface area contributed by atoms with Crippen molar-refractivity contribution in [3.8, 4) is 11.4 Å². The molecule has 170 valence electrons. The fourth-order valence-corrected chi connectivity index (χ4v) is 3.18. The van der Waals surface area contributed by atoms with Gasteiger partial charge in [0.15, 0.2) is 11.5 Å². The highest BCUT2D eigenvalue weighted by atomic mass is 19.3. The van der Waals surface area contributed by atoms with E-state index in [9.17, 15) is 18.4 Å². The summed E-state index contributed by atoms with van der Waals surface area (Å²) in [7, 11) is 3.10. The SMILES string of the molecule is CC(C)CCn1c(-c2cccc(C(F)F)c2)nc(N(C)C=O)c1C(=O)N(C)CCCO. The Balaban J connectivity index is 2.69. The molecule has 0 radical (unpaired) electrons. The number of carbonyl (C=O) groups is 2. The maximum absolute atomic E-state index is 13.3. The van der Waals surface area contributed by atoms with Crippen LogP contribution < -0.4 is 4.90 Å². The largest absolute Gasteiger partial charge is 0.396 e. The number of hydrogen-bond acceptors (Lipinski definition) is 4. The molecule has 7 nitrogen and oxygen atoms in total. The van der Waals surface area contributed by atoms with Crippen molar-refractivity contribution < 1.29 is 23.5 Å². The van der Waals surface area contributed by atoms with E-state index in [2.05, 4.69) is 4.98 Å². The van der Waals surface area contributed by atoms with Crippen LogP contribution in [0.5, 0.6) is 0 Å². The molecule has 0 aliphatic heterocycles. The zero-order valence-corrected chi connectivity index (χ0v) is 18.4. The summed E-state index contributed by atoms with van der Waals surface area (Å²) in [5.74, 6) is 0.484. The van der Waals surface area contributed by atoms with Crippen molar-refractivity contribution in [2.24, 2.45) is 5.92 Å². The third-order valence-electron chi connectivity index (χ3n) is 4.97. The number of aliphatic hydroxyl groups is 1. The Hall–Kier alpha value is -2.81. The first-order valence-electron chi connectivity index (χ1n) is 10.2. The van der Waals surface area contributed by atoms with Crippen molar-refractivity contribution in [1.29, 1.82) is 0 Å². The molecule has 0 saturated carbocycles.